The van der Waals surface area contributed by atoms with Crippen molar-refractivity contribution >= 4 is 35.2 Å². The van der Waals surface area contributed by atoms with E-state index in [1.807, 2.05) is 0 Å². The van der Waals surface area contributed by atoms with Crippen LogP contribution in [0.25, 0.3) is 0 Å². The second-order valence-electron chi connectivity index (χ2n) is 7.01. The number of nitrogens with zero attached hydrogens (tertiary/aromatic N) is 4. The van der Waals surface area contributed by atoms with E-state index in [9.17, 15) is 29.6 Å². The van der Waals surface area contributed by atoms with E-state index in [-0.39, 0.29) is 24.3 Å². The smallest absolute Gasteiger partial charge is 0.327 e. The Hall–Kier alpha value is -2.63. The van der Waals surface area contributed by atoms with Crippen LogP contribution in [0, 0.1) is 17.0 Å². The Kier molecular flexibility index (Phi) is 4.62. The van der Waals surface area contributed by atoms with E-state index in [2.05, 4.69) is 10.4 Å². The molecule has 3 rings (SSSR count). The Morgan fingerprint density at radius 3 is 2.70 bits per heavy atom. The highest BCUT2D eigenvalue weighted by Gasteiger charge is 2.64. The molecule has 0 aromatic carbocycles. The lowest BCUT2D eigenvalue weighted by Crippen LogP contribution is -2.70. The van der Waals surface area contributed by atoms with Gasteiger partial charge >= 0.3 is 11.7 Å². The predicted octanol–water partition coefficient (Wildman–Crippen LogP) is 0.122. The summed E-state index contributed by atoms with van der Waals surface area (Å²) in [7, 11) is 0. The zero-order valence-electron chi connectivity index (χ0n) is 14.9. The molecule has 2 amide bonds. The standard InChI is InChI=1S/C15H19N5O6S/c1-7-8(20(25)26)6-18(17-7)5-4-9(21)16-10-12(22)19-11(14(23)24)15(2,3)27-13(10)19/h6,10-11,13H,4-5H2,1-3H3,(H,16,21)(H,23,24). The van der Waals surface area contributed by atoms with Crippen molar-refractivity contribution in [3.8, 4) is 0 Å². The molecule has 1 aromatic heterocycles. The number of hydrogen-bond donors (Lipinski definition) is 2. The molecule has 0 spiro atoms. The van der Waals surface area contributed by atoms with Crippen LogP contribution in [0.15, 0.2) is 6.20 Å². The molecule has 2 fully saturated rings. The minimum Gasteiger partial charge on any atom is -0.480 e. The molecule has 3 atom stereocenters. The summed E-state index contributed by atoms with van der Waals surface area (Å²) in [6.07, 6.45) is 1.25. The van der Waals surface area contributed by atoms with Crippen molar-refractivity contribution in [2.75, 3.05) is 0 Å². The molecular formula is C15H19N5O6S. The molecule has 1 aromatic rings. The molecule has 0 saturated carbocycles. The number of nitrogens with one attached hydrogen (secondary N) is 1. The molecule has 0 radical (unpaired) electrons. The van der Waals surface area contributed by atoms with Crippen LogP contribution in [-0.4, -0.2) is 64.7 Å². The summed E-state index contributed by atoms with van der Waals surface area (Å²) in [4.78, 5) is 47.5. The molecule has 12 heteroatoms. The molecular weight excluding hydrogens is 378 g/mol. The quantitative estimate of drug-likeness (QED) is 0.391. The average molecular weight is 397 g/mol. The van der Waals surface area contributed by atoms with Gasteiger partial charge in [-0.05, 0) is 20.8 Å². The molecule has 3 heterocycles. The molecule has 3 unspecified atom stereocenters. The fourth-order valence-electron chi connectivity index (χ4n) is 3.41. The van der Waals surface area contributed by atoms with Gasteiger partial charge in [-0.15, -0.1) is 11.8 Å². The second kappa shape index (κ2) is 6.51. The summed E-state index contributed by atoms with van der Waals surface area (Å²) in [5.41, 5.74) is 0.138. The Balaban J connectivity index is 1.58. The number of rotatable bonds is 6. The number of amides is 2. The van der Waals surface area contributed by atoms with Gasteiger partial charge in [-0.2, -0.15) is 5.10 Å². The highest BCUT2D eigenvalue weighted by atomic mass is 32.2. The minimum atomic E-state index is -1.07. The van der Waals surface area contributed by atoms with E-state index in [4.69, 9.17) is 0 Å². The third kappa shape index (κ3) is 3.24. The van der Waals surface area contributed by atoms with Gasteiger partial charge in [0.15, 0.2) is 0 Å². The van der Waals surface area contributed by atoms with Crippen molar-refractivity contribution in [1.82, 2.24) is 20.0 Å². The Bertz CT molecular complexity index is 837. The number of aromatic nitrogens is 2. The third-order valence-electron chi connectivity index (χ3n) is 4.68. The van der Waals surface area contributed by atoms with Crippen molar-refractivity contribution in [3.63, 3.8) is 0 Å². The number of aliphatic carboxylic acids is 1. The van der Waals surface area contributed by atoms with Crippen molar-refractivity contribution in [1.29, 1.82) is 0 Å². The van der Waals surface area contributed by atoms with Crippen LogP contribution in [0.4, 0.5) is 5.69 Å². The normalized spacial score (nSPS) is 25.7. The summed E-state index contributed by atoms with van der Waals surface area (Å²) >= 11 is 1.35. The van der Waals surface area contributed by atoms with Gasteiger partial charge in [0.2, 0.25) is 11.8 Å². The minimum absolute atomic E-state index is 0.00874. The van der Waals surface area contributed by atoms with Gasteiger partial charge in [-0.25, -0.2) is 4.79 Å². The summed E-state index contributed by atoms with van der Waals surface area (Å²) in [6, 6.07) is -1.69. The lowest BCUT2D eigenvalue weighted by atomic mass is 9.96. The SMILES string of the molecule is Cc1nn(CCC(=O)NC2C(=O)N3C2SC(C)(C)C3C(=O)O)cc1[N+](=O)[O-]. The molecule has 2 aliphatic heterocycles. The van der Waals surface area contributed by atoms with E-state index in [1.165, 1.54) is 34.5 Å². The van der Waals surface area contributed by atoms with Gasteiger partial charge in [0.1, 0.15) is 29.3 Å². The molecule has 11 nitrogen and oxygen atoms in total. The van der Waals surface area contributed by atoms with E-state index in [0.29, 0.717) is 0 Å². The maximum Gasteiger partial charge on any atom is 0.327 e. The largest absolute Gasteiger partial charge is 0.480 e. The maximum atomic E-state index is 12.3. The zero-order valence-corrected chi connectivity index (χ0v) is 15.7. The van der Waals surface area contributed by atoms with Crippen LogP contribution < -0.4 is 5.32 Å². The Morgan fingerprint density at radius 2 is 2.15 bits per heavy atom. The number of nitro groups is 1. The molecule has 2 saturated heterocycles. The monoisotopic (exact) mass is 397 g/mol. The van der Waals surface area contributed by atoms with Crippen LogP contribution in [0.1, 0.15) is 26.0 Å². The number of aryl methyl sites for hydroxylation is 2. The molecule has 2 aliphatic rings. The average Bonchev–Trinajstić information content (AvgIpc) is 3.06. The van der Waals surface area contributed by atoms with Crippen molar-refractivity contribution in [2.24, 2.45) is 0 Å². The molecule has 27 heavy (non-hydrogen) atoms. The van der Waals surface area contributed by atoms with E-state index < -0.39 is 44.9 Å². The Labute approximate surface area is 158 Å². The first-order valence-electron chi connectivity index (χ1n) is 8.23. The second-order valence-corrected chi connectivity index (χ2v) is 8.78. The molecule has 146 valence electrons. The molecule has 2 N–H and O–H groups in total. The maximum absolute atomic E-state index is 12.3. The number of carboxylic acid groups (broad SMARTS) is 1. The fraction of sp³-hybridized carbons (Fsp3) is 0.600. The van der Waals surface area contributed by atoms with E-state index >= 15 is 0 Å². The highest BCUT2D eigenvalue weighted by Crippen LogP contribution is 2.50. The van der Waals surface area contributed by atoms with Gasteiger partial charge in [-0.1, -0.05) is 0 Å². The van der Waals surface area contributed by atoms with Gasteiger partial charge in [0.25, 0.3) is 0 Å². The fourth-order valence-corrected chi connectivity index (χ4v) is 5.03. The van der Waals surface area contributed by atoms with Crippen molar-refractivity contribution in [2.45, 2.75) is 55.9 Å². The zero-order chi connectivity index (χ0) is 20.1. The topological polar surface area (TPSA) is 148 Å². The van der Waals surface area contributed by atoms with Gasteiger partial charge in [0, 0.05) is 17.7 Å². The van der Waals surface area contributed by atoms with Crippen LogP contribution in [0.5, 0.6) is 0 Å². The number of carbonyl (C=O) groups excluding carboxylic acids is 2. The number of carbonyl (C=O) groups is 3. The lowest BCUT2D eigenvalue weighted by Gasteiger charge is -2.43. The van der Waals surface area contributed by atoms with Crippen molar-refractivity contribution < 1.29 is 24.4 Å². The third-order valence-corrected chi connectivity index (χ3v) is 6.25. The number of thioether (sulfide) groups is 1. The predicted molar refractivity (Wildman–Crippen MR) is 93.9 cm³/mol. The number of fused-ring (bicyclic) bond motifs is 1. The first-order valence-corrected chi connectivity index (χ1v) is 9.11. The van der Waals surface area contributed by atoms with Crippen LogP contribution in [0.3, 0.4) is 0 Å². The number of hydrogen-bond acceptors (Lipinski definition) is 7. The Morgan fingerprint density at radius 1 is 1.48 bits per heavy atom. The first kappa shape index (κ1) is 19.1. The van der Waals surface area contributed by atoms with Crippen LogP contribution >= 0.6 is 11.8 Å². The van der Waals surface area contributed by atoms with Crippen LogP contribution in [-0.2, 0) is 20.9 Å². The summed E-state index contributed by atoms with van der Waals surface area (Å²) in [5.74, 6) is -1.88. The highest BCUT2D eigenvalue weighted by molar-refractivity contribution is 8.01. The van der Waals surface area contributed by atoms with E-state index in [0.717, 1.165) is 0 Å². The molecule has 0 bridgehead atoms. The number of carboxylic acids is 1. The number of β-lactam (4-membered cyclic amide) rings is 1. The first-order chi connectivity index (χ1) is 12.5. The summed E-state index contributed by atoms with van der Waals surface area (Å²) in [6.45, 7) is 5.15. The van der Waals surface area contributed by atoms with Gasteiger partial charge in [0.05, 0.1) is 4.92 Å². The molecule has 0 aliphatic carbocycles. The summed E-state index contributed by atoms with van der Waals surface area (Å²) < 4.78 is 0.660. The van der Waals surface area contributed by atoms with Gasteiger partial charge < -0.3 is 15.3 Å². The van der Waals surface area contributed by atoms with Crippen LogP contribution in [0.2, 0.25) is 0 Å². The lowest BCUT2D eigenvalue weighted by molar-refractivity contribution is -0.385. The van der Waals surface area contributed by atoms with Crippen molar-refractivity contribution in [3.05, 3.63) is 22.0 Å². The summed E-state index contributed by atoms with van der Waals surface area (Å²) in [5, 5.41) is 26.4. The van der Waals surface area contributed by atoms with E-state index in [1.54, 1.807) is 13.8 Å². The van der Waals surface area contributed by atoms with Gasteiger partial charge in [-0.3, -0.25) is 24.4 Å².